The molecule has 0 amide bonds. The van der Waals surface area contributed by atoms with Gasteiger partial charge in [0.15, 0.2) is 0 Å². The molecule has 1 fully saturated rings. The summed E-state index contributed by atoms with van der Waals surface area (Å²) in [6, 6.07) is 0.284. The second-order valence-electron chi connectivity index (χ2n) is 3.00. The van der Waals surface area contributed by atoms with Crippen LogP contribution in [0.4, 0.5) is 5.82 Å². The molecule has 1 saturated heterocycles. The smallest absolute Gasteiger partial charge is 0.147 e. The molecule has 0 aliphatic carbocycles. The lowest BCUT2D eigenvalue weighted by atomic mass is 10.3. The fraction of sp³-hybridized carbons (Fsp3) is 0.500. The largest absolute Gasteiger partial charge is 0.354 e. The molecule has 2 N–H and O–H groups in total. The number of hydrogen-bond acceptors (Lipinski definition) is 4. The summed E-state index contributed by atoms with van der Waals surface area (Å²) in [6.45, 7) is 1.86. The maximum atomic E-state index is 5.76. The SMILES string of the molecule is NC1CCN(c2cnc[c]n2)C1. The van der Waals surface area contributed by atoms with Crippen molar-refractivity contribution in [2.24, 2.45) is 5.73 Å². The maximum Gasteiger partial charge on any atom is 0.147 e. The zero-order valence-electron chi connectivity index (χ0n) is 6.77. The molecule has 63 valence electrons. The van der Waals surface area contributed by atoms with Crippen molar-refractivity contribution in [1.82, 2.24) is 9.97 Å². The van der Waals surface area contributed by atoms with Crippen molar-refractivity contribution in [3.05, 3.63) is 18.6 Å². The monoisotopic (exact) mass is 163 g/mol. The molecule has 2 rings (SSSR count). The number of hydrogen-bond donors (Lipinski definition) is 1. The minimum atomic E-state index is 0.284. The summed E-state index contributed by atoms with van der Waals surface area (Å²) in [5.74, 6) is 0.880. The molecule has 12 heavy (non-hydrogen) atoms. The summed E-state index contributed by atoms with van der Waals surface area (Å²) < 4.78 is 0. The van der Waals surface area contributed by atoms with E-state index in [-0.39, 0.29) is 6.04 Å². The summed E-state index contributed by atoms with van der Waals surface area (Å²) in [7, 11) is 0. The first-order valence-corrected chi connectivity index (χ1v) is 4.05. The second-order valence-corrected chi connectivity index (χ2v) is 3.00. The van der Waals surface area contributed by atoms with Gasteiger partial charge in [-0.05, 0) is 6.42 Å². The Bertz CT molecular complexity index is 248. The van der Waals surface area contributed by atoms with Crippen LogP contribution < -0.4 is 10.6 Å². The zero-order chi connectivity index (χ0) is 8.39. The first-order chi connectivity index (χ1) is 5.86. The highest BCUT2D eigenvalue weighted by Crippen LogP contribution is 2.14. The molecule has 1 aromatic heterocycles. The highest BCUT2D eigenvalue weighted by molar-refractivity contribution is 5.36. The Morgan fingerprint density at radius 1 is 1.67 bits per heavy atom. The molecular formula is C8H11N4. The third-order valence-corrected chi connectivity index (χ3v) is 2.05. The Labute approximate surface area is 71.4 Å². The van der Waals surface area contributed by atoms with Crippen LogP contribution in [-0.2, 0) is 0 Å². The van der Waals surface area contributed by atoms with E-state index in [1.165, 1.54) is 0 Å². The number of rotatable bonds is 1. The molecule has 0 aromatic carbocycles. The predicted octanol–water partition coefficient (Wildman–Crippen LogP) is -0.186. The molecule has 1 aromatic rings. The summed E-state index contributed by atoms with van der Waals surface area (Å²) >= 11 is 0. The Hall–Kier alpha value is -1.16. The Kier molecular flexibility index (Phi) is 1.91. The first-order valence-electron chi connectivity index (χ1n) is 4.05. The lowest BCUT2D eigenvalue weighted by Gasteiger charge is -2.14. The molecule has 0 bridgehead atoms. The van der Waals surface area contributed by atoms with Crippen LogP contribution in [0.5, 0.6) is 0 Å². The zero-order valence-corrected chi connectivity index (χ0v) is 6.77. The third-order valence-electron chi connectivity index (χ3n) is 2.05. The lowest BCUT2D eigenvalue weighted by Crippen LogP contribution is -2.26. The van der Waals surface area contributed by atoms with Crippen molar-refractivity contribution in [2.45, 2.75) is 12.5 Å². The Balaban J connectivity index is 2.11. The van der Waals surface area contributed by atoms with Crippen molar-refractivity contribution in [1.29, 1.82) is 0 Å². The molecule has 1 radical (unpaired) electrons. The quantitative estimate of drug-likeness (QED) is 0.623. The maximum absolute atomic E-state index is 5.76. The molecule has 0 saturated carbocycles. The average Bonchev–Trinajstić information content (AvgIpc) is 2.54. The van der Waals surface area contributed by atoms with Crippen LogP contribution in [0, 0.1) is 6.20 Å². The van der Waals surface area contributed by atoms with E-state index in [4.69, 9.17) is 5.73 Å². The van der Waals surface area contributed by atoms with E-state index in [2.05, 4.69) is 21.1 Å². The van der Waals surface area contributed by atoms with Gasteiger partial charge in [-0.25, -0.2) is 4.98 Å². The van der Waals surface area contributed by atoms with Crippen molar-refractivity contribution in [2.75, 3.05) is 18.0 Å². The van der Waals surface area contributed by atoms with Gasteiger partial charge in [0.05, 0.1) is 12.4 Å². The summed E-state index contributed by atoms with van der Waals surface area (Å²) in [5.41, 5.74) is 5.76. The van der Waals surface area contributed by atoms with Gasteiger partial charge in [-0.15, -0.1) is 0 Å². The van der Waals surface area contributed by atoms with Crippen LogP contribution in [0.15, 0.2) is 12.4 Å². The molecule has 1 unspecified atom stereocenters. The van der Waals surface area contributed by atoms with Gasteiger partial charge in [-0.1, -0.05) is 0 Å². The standard InChI is InChI=1S/C8H11N4/c9-7-1-4-12(6-7)8-5-10-2-3-11-8/h2,5,7H,1,4,6,9H2. The summed E-state index contributed by atoms with van der Waals surface area (Å²) in [4.78, 5) is 10.2. The normalized spacial score (nSPS) is 23.1. The topological polar surface area (TPSA) is 55.0 Å². The molecule has 1 aliphatic heterocycles. The molecule has 0 spiro atoms. The van der Waals surface area contributed by atoms with E-state index in [0.29, 0.717) is 0 Å². The minimum absolute atomic E-state index is 0.284. The van der Waals surface area contributed by atoms with E-state index in [9.17, 15) is 0 Å². The fourth-order valence-corrected chi connectivity index (χ4v) is 1.41. The highest BCUT2D eigenvalue weighted by atomic mass is 15.2. The van der Waals surface area contributed by atoms with Crippen molar-refractivity contribution < 1.29 is 0 Å². The van der Waals surface area contributed by atoms with Crippen molar-refractivity contribution in [3.63, 3.8) is 0 Å². The van der Waals surface area contributed by atoms with E-state index < -0.39 is 0 Å². The lowest BCUT2D eigenvalue weighted by molar-refractivity contribution is 0.751. The van der Waals surface area contributed by atoms with Gasteiger partial charge in [0, 0.05) is 19.1 Å². The van der Waals surface area contributed by atoms with Gasteiger partial charge in [0.1, 0.15) is 12.0 Å². The average molecular weight is 163 g/mol. The van der Waals surface area contributed by atoms with Crippen LogP contribution >= 0.6 is 0 Å². The molecule has 1 atom stereocenters. The molecule has 4 heteroatoms. The molecule has 2 heterocycles. The third kappa shape index (κ3) is 1.38. The number of anilines is 1. The molecule has 4 nitrogen and oxygen atoms in total. The molecule has 1 aliphatic rings. The van der Waals surface area contributed by atoms with Crippen molar-refractivity contribution >= 4 is 5.82 Å². The van der Waals surface area contributed by atoms with Gasteiger partial charge in [0.25, 0.3) is 0 Å². The minimum Gasteiger partial charge on any atom is -0.354 e. The Morgan fingerprint density at radius 3 is 3.17 bits per heavy atom. The van der Waals surface area contributed by atoms with Gasteiger partial charge in [-0.3, -0.25) is 4.98 Å². The van der Waals surface area contributed by atoms with Gasteiger partial charge in [0.2, 0.25) is 0 Å². The number of aromatic nitrogens is 2. The van der Waals surface area contributed by atoms with Gasteiger partial charge >= 0.3 is 0 Å². The van der Waals surface area contributed by atoms with Crippen molar-refractivity contribution in [3.8, 4) is 0 Å². The van der Waals surface area contributed by atoms with Crippen LogP contribution in [-0.4, -0.2) is 29.1 Å². The Morgan fingerprint density at radius 2 is 2.58 bits per heavy atom. The highest BCUT2D eigenvalue weighted by Gasteiger charge is 2.19. The van der Waals surface area contributed by atoms with Gasteiger partial charge in [-0.2, -0.15) is 0 Å². The van der Waals surface area contributed by atoms with E-state index in [0.717, 1.165) is 25.3 Å². The van der Waals surface area contributed by atoms with Crippen LogP contribution in [0.3, 0.4) is 0 Å². The van der Waals surface area contributed by atoms with E-state index in [1.807, 2.05) is 0 Å². The van der Waals surface area contributed by atoms with E-state index in [1.54, 1.807) is 12.4 Å². The number of nitrogens with zero attached hydrogens (tertiary/aromatic N) is 3. The molecular weight excluding hydrogens is 152 g/mol. The van der Waals surface area contributed by atoms with Crippen LogP contribution in [0.1, 0.15) is 6.42 Å². The van der Waals surface area contributed by atoms with Crippen LogP contribution in [0.2, 0.25) is 0 Å². The summed E-state index contributed by atoms with van der Waals surface area (Å²) in [6.07, 6.45) is 7.05. The van der Waals surface area contributed by atoms with E-state index >= 15 is 0 Å². The summed E-state index contributed by atoms with van der Waals surface area (Å²) in [5, 5.41) is 0. The predicted molar refractivity (Wildman–Crippen MR) is 45.7 cm³/mol. The second kappa shape index (κ2) is 3.06. The number of nitrogens with two attached hydrogens (primary N) is 1. The first kappa shape index (κ1) is 7.49. The van der Waals surface area contributed by atoms with Gasteiger partial charge < -0.3 is 10.6 Å². The van der Waals surface area contributed by atoms with Crippen LogP contribution in [0.25, 0.3) is 0 Å². The fourth-order valence-electron chi connectivity index (χ4n) is 1.41.